The van der Waals surface area contributed by atoms with E-state index in [-0.39, 0.29) is 51.4 Å². The lowest BCUT2D eigenvalue weighted by molar-refractivity contribution is -0.0599. The molecule has 0 saturated carbocycles. The number of nitrogens with zero attached hydrogens (tertiary/aromatic N) is 2. The molecule has 1 amide bonds. The number of amides is 1. The summed E-state index contributed by atoms with van der Waals surface area (Å²) >= 11 is 1.24. The highest BCUT2D eigenvalue weighted by Crippen LogP contribution is 2.39. The molecule has 0 radical (unpaired) electrons. The highest BCUT2D eigenvalue weighted by atomic mass is 32.2. The Morgan fingerprint density at radius 2 is 2.25 bits per heavy atom. The van der Waals surface area contributed by atoms with E-state index >= 15 is 4.39 Å². The number of fused-ring (bicyclic) bond motifs is 1. The van der Waals surface area contributed by atoms with E-state index in [2.05, 4.69) is 10.5 Å². The van der Waals surface area contributed by atoms with E-state index in [1.807, 2.05) is 20.8 Å². The van der Waals surface area contributed by atoms with Crippen molar-refractivity contribution < 1.29 is 23.2 Å². The maximum atomic E-state index is 15.4. The average molecular weight is 407 g/mol. The van der Waals surface area contributed by atoms with Crippen LogP contribution in [0.25, 0.3) is 11.0 Å². The first-order valence-corrected chi connectivity index (χ1v) is 10.3. The lowest BCUT2D eigenvalue weighted by Gasteiger charge is -2.34. The number of benzene rings is 1. The molecule has 4 rings (SSSR count). The number of carbonyl (C=O) groups excluding carboxylic acids is 2. The van der Waals surface area contributed by atoms with Gasteiger partial charge in [-0.05, 0) is 32.8 Å². The lowest BCUT2D eigenvalue weighted by Crippen LogP contribution is -2.42. The van der Waals surface area contributed by atoms with E-state index in [1.165, 1.54) is 16.7 Å². The molecule has 0 bridgehead atoms. The van der Waals surface area contributed by atoms with Crippen molar-refractivity contribution >= 4 is 40.1 Å². The number of ether oxygens (including phenoxy) is 1. The Bertz CT molecular complexity index is 924. The summed E-state index contributed by atoms with van der Waals surface area (Å²) in [6.45, 7) is 6.24. The van der Waals surface area contributed by atoms with Crippen LogP contribution in [0.2, 0.25) is 0 Å². The van der Waals surface area contributed by atoms with Gasteiger partial charge in [0.1, 0.15) is 6.23 Å². The average Bonchev–Trinajstić information content (AvgIpc) is 3.23. The van der Waals surface area contributed by atoms with Crippen LogP contribution < -0.4 is 10.2 Å². The number of anilines is 1. The summed E-state index contributed by atoms with van der Waals surface area (Å²) < 4.78 is 26.3. The van der Waals surface area contributed by atoms with Gasteiger partial charge in [-0.15, -0.1) is 0 Å². The number of hydrogen-bond acceptors (Lipinski definition) is 7. The van der Waals surface area contributed by atoms with Crippen LogP contribution in [0.3, 0.4) is 0 Å². The summed E-state index contributed by atoms with van der Waals surface area (Å²) in [5.41, 5.74) is 0.433. The monoisotopic (exact) mass is 407 g/mol. The largest absolute Gasteiger partial charge is 0.361 e. The van der Waals surface area contributed by atoms with E-state index in [1.54, 1.807) is 6.07 Å². The molecule has 4 atom stereocenters. The van der Waals surface area contributed by atoms with Crippen LogP contribution in [0.4, 0.5) is 15.0 Å². The second kappa shape index (κ2) is 7.46. The van der Waals surface area contributed by atoms with E-state index in [4.69, 9.17) is 9.26 Å². The van der Waals surface area contributed by atoms with Crippen molar-refractivity contribution in [3.63, 3.8) is 0 Å². The number of halogens is 1. The molecule has 1 unspecified atom stereocenters. The first-order chi connectivity index (χ1) is 13.4. The summed E-state index contributed by atoms with van der Waals surface area (Å²) in [5, 5.41) is 7.48. The minimum absolute atomic E-state index is 0.0399. The quantitative estimate of drug-likeness (QED) is 0.766. The van der Waals surface area contributed by atoms with Crippen molar-refractivity contribution in [2.45, 2.75) is 57.2 Å². The lowest BCUT2D eigenvalue weighted by atomic mass is 9.93. The zero-order valence-corrected chi connectivity index (χ0v) is 16.7. The maximum absolute atomic E-state index is 15.4. The van der Waals surface area contributed by atoms with Crippen LogP contribution >= 0.6 is 11.8 Å². The number of hydrogen-bond donors (Lipinski definition) is 1. The Kier molecular flexibility index (Phi) is 5.15. The molecule has 0 spiro atoms. The van der Waals surface area contributed by atoms with Crippen molar-refractivity contribution in [1.82, 2.24) is 10.5 Å². The molecule has 2 saturated heterocycles. The second-order valence-corrected chi connectivity index (χ2v) is 8.51. The van der Waals surface area contributed by atoms with Gasteiger partial charge in [-0.25, -0.2) is 4.39 Å². The smallest absolute Gasteiger partial charge is 0.287 e. The Labute approximate surface area is 165 Å². The molecule has 0 aliphatic carbocycles. The summed E-state index contributed by atoms with van der Waals surface area (Å²) in [7, 11) is 0. The maximum Gasteiger partial charge on any atom is 0.287 e. The number of thioether (sulfide) groups is 1. The van der Waals surface area contributed by atoms with Gasteiger partial charge < -0.3 is 9.26 Å². The second-order valence-electron chi connectivity index (χ2n) is 7.26. The van der Waals surface area contributed by atoms with Gasteiger partial charge in [0, 0.05) is 29.0 Å². The minimum atomic E-state index is -0.622. The van der Waals surface area contributed by atoms with Crippen LogP contribution in [0.15, 0.2) is 10.6 Å². The molecule has 9 heteroatoms. The molecule has 1 N–H and O–H groups in total. The van der Waals surface area contributed by atoms with Gasteiger partial charge in [0.25, 0.3) is 5.24 Å². The van der Waals surface area contributed by atoms with Gasteiger partial charge in [0.2, 0.25) is 5.58 Å². The van der Waals surface area contributed by atoms with Crippen LogP contribution in [0.1, 0.15) is 55.6 Å². The third-order valence-electron chi connectivity index (χ3n) is 5.26. The predicted octanol–water partition coefficient (Wildman–Crippen LogP) is 4.02. The third-order valence-corrected chi connectivity index (χ3v) is 6.49. The molecule has 150 valence electrons. The fourth-order valence-electron chi connectivity index (χ4n) is 3.94. The third kappa shape index (κ3) is 3.21. The summed E-state index contributed by atoms with van der Waals surface area (Å²) in [5.74, 6) is -0.359. The van der Waals surface area contributed by atoms with E-state index in [0.717, 1.165) is 6.42 Å². The van der Waals surface area contributed by atoms with Gasteiger partial charge >= 0.3 is 0 Å². The van der Waals surface area contributed by atoms with Crippen molar-refractivity contribution in [3.8, 4) is 0 Å². The molecule has 2 fully saturated rings. The Morgan fingerprint density at radius 3 is 2.89 bits per heavy atom. The molecular formula is C19H22FN3O4S. The zero-order chi connectivity index (χ0) is 20.0. The number of nitrogens with one attached hydrogen (secondary N) is 1. The molecule has 3 heterocycles. The number of rotatable bonds is 4. The van der Waals surface area contributed by atoms with Gasteiger partial charge in [-0.1, -0.05) is 23.8 Å². The van der Waals surface area contributed by atoms with Crippen molar-refractivity contribution in [3.05, 3.63) is 23.0 Å². The van der Waals surface area contributed by atoms with E-state index in [9.17, 15) is 9.59 Å². The van der Waals surface area contributed by atoms with E-state index < -0.39 is 5.82 Å². The van der Waals surface area contributed by atoms with Crippen LogP contribution in [0.5, 0.6) is 0 Å². The molecular weight excluding hydrogens is 385 g/mol. The topological polar surface area (TPSA) is 84.7 Å². The fourth-order valence-corrected chi connectivity index (χ4v) is 4.90. The van der Waals surface area contributed by atoms with Crippen molar-refractivity contribution in [2.24, 2.45) is 0 Å². The summed E-state index contributed by atoms with van der Waals surface area (Å²) in [4.78, 5) is 25.6. The van der Waals surface area contributed by atoms with Crippen molar-refractivity contribution in [2.75, 3.05) is 11.4 Å². The Balaban J connectivity index is 1.79. The molecule has 2 aliphatic rings. The first-order valence-electron chi connectivity index (χ1n) is 9.39. The Hall–Kier alpha value is -1.97. The molecule has 7 nitrogen and oxygen atoms in total. The molecule has 28 heavy (non-hydrogen) atoms. The first kappa shape index (κ1) is 19.4. The van der Waals surface area contributed by atoms with Crippen LogP contribution in [0, 0.1) is 5.82 Å². The number of aromatic nitrogens is 1. The standard InChI is InChI=1S/C19H22FN3O4S/c1-4-12-7-23(19(25)28-12)18-13-6-11(8-24)15(16(20)17(13)27-22-18)14-5-9(2)26-10(3)21-14/h6,8-10,12,14,21H,4-5,7H2,1-3H3/t9-,10-,12+,14?/m1/s1. The molecule has 2 aromatic rings. The fraction of sp³-hybridized carbons (Fsp3) is 0.526. The number of carbonyl (C=O) groups is 2. The van der Waals surface area contributed by atoms with Crippen molar-refractivity contribution in [1.29, 1.82) is 0 Å². The predicted molar refractivity (Wildman–Crippen MR) is 104 cm³/mol. The molecule has 1 aromatic carbocycles. The highest BCUT2D eigenvalue weighted by molar-refractivity contribution is 8.14. The van der Waals surface area contributed by atoms with Gasteiger partial charge in [-0.2, -0.15) is 0 Å². The van der Waals surface area contributed by atoms with E-state index in [0.29, 0.717) is 24.6 Å². The Morgan fingerprint density at radius 1 is 1.46 bits per heavy atom. The molecule has 2 aliphatic heterocycles. The van der Waals surface area contributed by atoms with Crippen LogP contribution in [-0.4, -0.2) is 40.8 Å². The highest BCUT2D eigenvalue weighted by Gasteiger charge is 2.36. The van der Waals surface area contributed by atoms with Crippen LogP contribution in [-0.2, 0) is 4.74 Å². The SMILES string of the molecule is CC[C@H]1CN(c2noc3c(F)c(C4C[C@@H](C)O[C@H](C)N4)c(C=O)cc23)C(=O)S1. The number of aldehydes is 1. The van der Waals surface area contributed by atoms with Gasteiger partial charge in [-0.3, -0.25) is 19.8 Å². The summed E-state index contributed by atoms with van der Waals surface area (Å²) in [6, 6.07) is 1.18. The van der Waals surface area contributed by atoms with Gasteiger partial charge in [0.15, 0.2) is 17.9 Å². The molecule has 1 aromatic heterocycles. The summed E-state index contributed by atoms with van der Waals surface area (Å²) in [6.07, 6.45) is 1.65. The zero-order valence-electron chi connectivity index (χ0n) is 15.9. The minimum Gasteiger partial charge on any atom is -0.361 e. The normalized spacial score (nSPS) is 28.3. The van der Waals surface area contributed by atoms with Gasteiger partial charge in [0.05, 0.1) is 11.5 Å².